The van der Waals surface area contributed by atoms with E-state index in [2.05, 4.69) is 27.7 Å². The number of hydrogen-bond acceptors (Lipinski definition) is 2. The molecule has 2 aliphatic carbocycles. The van der Waals surface area contributed by atoms with Gasteiger partial charge in [0, 0.05) is 16.9 Å². The molecule has 1 N–H and O–H groups in total. The van der Waals surface area contributed by atoms with Crippen molar-refractivity contribution in [1.82, 2.24) is 0 Å². The maximum Gasteiger partial charge on any atom is 0.191 e. The largest absolute Gasteiger partial charge is 0.459 e. The van der Waals surface area contributed by atoms with Crippen LogP contribution in [0.4, 0.5) is 0 Å². The van der Waals surface area contributed by atoms with E-state index in [1.807, 2.05) is 6.07 Å². The SMILES string of the molecule is CC1CC[C@@H]2C(C)(C)CCC[C@@]2(C)c2c1oc1c(S(=O)O)c(Cl)c(Cl)cc21. The summed E-state index contributed by atoms with van der Waals surface area (Å²) in [6, 6.07) is 1.83. The summed E-state index contributed by atoms with van der Waals surface area (Å²) in [6.45, 7) is 9.30. The van der Waals surface area contributed by atoms with E-state index in [1.54, 1.807) is 0 Å². The van der Waals surface area contributed by atoms with E-state index >= 15 is 0 Å². The highest BCUT2D eigenvalue weighted by molar-refractivity contribution is 7.79. The van der Waals surface area contributed by atoms with Crippen molar-refractivity contribution >= 4 is 45.3 Å². The highest BCUT2D eigenvalue weighted by atomic mass is 35.5. The average Bonchev–Trinajstić information content (AvgIpc) is 2.88. The standard InChI is InChI=1S/C21H26Cl2O3S/c1-11-6-7-14-20(2,3)8-5-9-21(14,4)15-12-10-13(22)16(23)19(27(24)25)18(12)26-17(11)15/h10-11,14H,5-9H2,1-4H3,(H,24,25)/t11?,14-,21-/m1/s1. The quantitative estimate of drug-likeness (QED) is 0.484. The molecule has 148 valence electrons. The molecule has 4 rings (SSSR count). The molecule has 1 saturated carbocycles. The molecular formula is C21H26Cl2O3S. The summed E-state index contributed by atoms with van der Waals surface area (Å²) in [6.07, 6.45) is 5.70. The number of rotatable bonds is 1. The summed E-state index contributed by atoms with van der Waals surface area (Å²) < 4.78 is 28.2. The van der Waals surface area contributed by atoms with Crippen LogP contribution in [0, 0.1) is 11.3 Å². The lowest BCUT2D eigenvalue weighted by atomic mass is 9.53. The predicted octanol–water partition coefficient (Wildman–Crippen LogP) is 7.30. The molecule has 0 radical (unpaired) electrons. The first-order valence-corrected chi connectivity index (χ1v) is 11.5. The van der Waals surface area contributed by atoms with Crippen molar-refractivity contribution in [2.75, 3.05) is 0 Å². The van der Waals surface area contributed by atoms with E-state index in [-0.39, 0.29) is 26.7 Å². The molecular weight excluding hydrogens is 403 g/mol. The van der Waals surface area contributed by atoms with Crippen LogP contribution in [-0.4, -0.2) is 8.76 Å². The summed E-state index contributed by atoms with van der Waals surface area (Å²) in [5.74, 6) is 1.72. The highest BCUT2D eigenvalue weighted by Crippen LogP contribution is 2.60. The molecule has 1 fully saturated rings. The van der Waals surface area contributed by atoms with Crippen molar-refractivity contribution < 1.29 is 13.2 Å². The van der Waals surface area contributed by atoms with Crippen molar-refractivity contribution in [3.63, 3.8) is 0 Å². The normalized spacial score (nSPS) is 31.2. The van der Waals surface area contributed by atoms with Gasteiger partial charge in [0.2, 0.25) is 0 Å². The maximum absolute atomic E-state index is 12.0. The Morgan fingerprint density at radius 3 is 2.59 bits per heavy atom. The van der Waals surface area contributed by atoms with Crippen molar-refractivity contribution in [3.05, 3.63) is 27.4 Å². The van der Waals surface area contributed by atoms with Gasteiger partial charge in [0.05, 0.1) is 10.0 Å². The molecule has 6 heteroatoms. The van der Waals surface area contributed by atoms with Crippen LogP contribution in [0.1, 0.15) is 77.0 Å². The van der Waals surface area contributed by atoms with Gasteiger partial charge in [-0.15, -0.1) is 0 Å². The van der Waals surface area contributed by atoms with E-state index < -0.39 is 11.1 Å². The molecule has 3 nitrogen and oxygen atoms in total. The molecule has 0 saturated heterocycles. The van der Waals surface area contributed by atoms with Crippen LogP contribution in [0.3, 0.4) is 0 Å². The van der Waals surface area contributed by atoms with E-state index in [4.69, 9.17) is 27.6 Å². The van der Waals surface area contributed by atoms with Crippen molar-refractivity contribution in [2.24, 2.45) is 11.3 Å². The number of furan rings is 1. The molecule has 0 spiro atoms. The van der Waals surface area contributed by atoms with Crippen LogP contribution in [0.2, 0.25) is 10.0 Å². The Bertz CT molecular complexity index is 949. The minimum Gasteiger partial charge on any atom is -0.459 e. The number of halogens is 2. The van der Waals surface area contributed by atoms with Crippen LogP contribution >= 0.6 is 23.2 Å². The summed E-state index contributed by atoms with van der Waals surface area (Å²) in [7, 11) is 0. The van der Waals surface area contributed by atoms with E-state index in [0.717, 1.165) is 30.4 Å². The summed E-state index contributed by atoms with van der Waals surface area (Å²) >= 11 is 10.4. The van der Waals surface area contributed by atoms with Gasteiger partial charge in [-0.05, 0) is 48.5 Å². The molecule has 2 aliphatic rings. The molecule has 1 aromatic carbocycles. The fourth-order valence-electron chi connectivity index (χ4n) is 5.94. The fourth-order valence-corrected chi connectivity index (χ4v) is 7.11. The van der Waals surface area contributed by atoms with Gasteiger partial charge in [-0.1, -0.05) is 57.3 Å². The lowest BCUT2D eigenvalue weighted by molar-refractivity contribution is 0.0504. The molecule has 27 heavy (non-hydrogen) atoms. The summed E-state index contributed by atoms with van der Waals surface area (Å²) in [5, 5.41) is 1.26. The first kappa shape index (κ1) is 19.8. The second kappa shape index (κ2) is 6.48. The van der Waals surface area contributed by atoms with Gasteiger partial charge in [-0.3, -0.25) is 0 Å². The van der Waals surface area contributed by atoms with Gasteiger partial charge < -0.3 is 8.97 Å². The Hall–Kier alpha value is -0.550. The number of fused-ring (bicyclic) bond motifs is 5. The highest BCUT2D eigenvalue weighted by Gasteiger charge is 2.51. The second-order valence-electron chi connectivity index (χ2n) is 9.26. The third kappa shape index (κ3) is 2.82. The Morgan fingerprint density at radius 2 is 1.93 bits per heavy atom. The molecule has 0 aliphatic heterocycles. The minimum absolute atomic E-state index is 0.0432. The number of hydrogen-bond donors (Lipinski definition) is 1. The first-order valence-electron chi connectivity index (χ1n) is 9.63. The Morgan fingerprint density at radius 1 is 1.22 bits per heavy atom. The van der Waals surface area contributed by atoms with Crippen molar-refractivity contribution in [1.29, 1.82) is 0 Å². The van der Waals surface area contributed by atoms with Gasteiger partial charge in [-0.2, -0.15) is 0 Å². The molecule has 0 amide bonds. The van der Waals surface area contributed by atoms with Crippen LogP contribution < -0.4 is 0 Å². The van der Waals surface area contributed by atoms with Gasteiger partial charge >= 0.3 is 0 Å². The van der Waals surface area contributed by atoms with E-state index in [0.29, 0.717) is 16.5 Å². The third-order valence-corrected chi connectivity index (χ3v) is 8.81. The first-order chi connectivity index (χ1) is 12.6. The zero-order valence-electron chi connectivity index (χ0n) is 16.2. The van der Waals surface area contributed by atoms with Crippen molar-refractivity contribution in [2.45, 2.75) is 76.0 Å². The minimum atomic E-state index is -2.27. The molecule has 2 unspecified atom stereocenters. The van der Waals surface area contributed by atoms with Gasteiger partial charge in [0.25, 0.3) is 0 Å². The Balaban J connectivity index is 2.10. The fraction of sp³-hybridized carbons (Fsp3) is 0.619. The predicted molar refractivity (Wildman–Crippen MR) is 111 cm³/mol. The van der Waals surface area contributed by atoms with Gasteiger partial charge in [0.15, 0.2) is 16.7 Å². The molecule has 2 aromatic rings. The van der Waals surface area contributed by atoms with Gasteiger partial charge in [-0.25, -0.2) is 4.21 Å². The monoisotopic (exact) mass is 428 g/mol. The second-order valence-corrected chi connectivity index (χ2v) is 11.0. The summed E-state index contributed by atoms with van der Waals surface area (Å²) in [5.41, 5.74) is 1.81. The lowest BCUT2D eigenvalue weighted by Crippen LogP contribution is -2.44. The zero-order chi connectivity index (χ0) is 19.7. The molecule has 0 bridgehead atoms. The van der Waals surface area contributed by atoms with Crippen LogP contribution in [0.25, 0.3) is 11.0 Å². The van der Waals surface area contributed by atoms with Crippen LogP contribution in [-0.2, 0) is 16.5 Å². The van der Waals surface area contributed by atoms with Crippen molar-refractivity contribution in [3.8, 4) is 0 Å². The third-order valence-electron chi connectivity index (χ3n) is 7.17. The van der Waals surface area contributed by atoms with Crippen LogP contribution in [0.15, 0.2) is 15.4 Å². The molecule has 1 heterocycles. The smallest absolute Gasteiger partial charge is 0.191 e. The van der Waals surface area contributed by atoms with Crippen LogP contribution in [0.5, 0.6) is 0 Å². The Kier molecular flexibility index (Phi) is 4.74. The lowest BCUT2D eigenvalue weighted by Gasteiger charge is -2.50. The zero-order valence-corrected chi connectivity index (χ0v) is 18.5. The molecule has 4 atom stereocenters. The summed E-state index contributed by atoms with van der Waals surface area (Å²) in [4.78, 5) is 0.0923. The molecule has 1 aromatic heterocycles. The topological polar surface area (TPSA) is 50.4 Å². The Labute approximate surface area is 173 Å². The average molecular weight is 429 g/mol. The van der Waals surface area contributed by atoms with E-state index in [9.17, 15) is 8.76 Å². The van der Waals surface area contributed by atoms with E-state index in [1.165, 1.54) is 18.4 Å². The van der Waals surface area contributed by atoms with Gasteiger partial charge in [0.1, 0.15) is 10.7 Å². The maximum atomic E-state index is 12.0. The number of benzene rings is 1.